The van der Waals surface area contributed by atoms with Gasteiger partial charge in [-0.2, -0.15) is 0 Å². The lowest BCUT2D eigenvalue weighted by Crippen LogP contribution is -2.58. The van der Waals surface area contributed by atoms with E-state index in [2.05, 4.69) is 21.2 Å². The molecule has 21 heavy (non-hydrogen) atoms. The molecule has 0 aromatic carbocycles. The largest absolute Gasteiger partial charge is 0.480 e. The van der Waals surface area contributed by atoms with Gasteiger partial charge in [0.2, 0.25) is 0 Å². The zero-order chi connectivity index (χ0) is 15.5. The Hall–Kier alpha value is -1.08. The number of carbonyl (C=O) groups is 2. The molecule has 1 aromatic rings. The van der Waals surface area contributed by atoms with E-state index in [9.17, 15) is 14.7 Å². The zero-order valence-corrected chi connectivity index (χ0v) is 14.3. The maximum Gasteiger partial charge on any atom is 0.329 e. The quantitative estimate of drug-likeness (QED) is 0.847. The molecular formula is C14H19BrN2O3S. The average molecular weight is 375 g/mol. The number of thiophene rings is 1. The first-order valence-corrected chi connectivity index (χ1v) is 8.60. The van der Waals surface area contributed by atoms with E-state index in [-0.39, 0.29) is 6.03 Å². The Morgan fingerprint density at radius 2 is 2.10 bits per heavy atom. The molecule has 2 N–H and O–H groups in total. The Morgan fingerprint density at radius 3 is 2.62 bits per heavy atom. The van der Waals surface area contributed by atoms with E-state index in [1.165, 1.54) is 4.90 Å². The minimum Gasteiger partial charge on any atom is -0.480 e. The number of hydrogen-bond acceptors (Lipinski definition) is 3. The lowest BCUT2D eigenvalue weighted by Gasteiger charge is -2.35. The fourth-order valence-electron chi connectivity index (χ4n) is 2.59. The number of halogens is 1. The molecule has 2 rings (SSSR count). The van der Waals surface area contributed by atoms with Crippen LogP contribution in [0.4, 0.5) is 4.79 Å². The van der Waals surface area contributed by atoms with Crippen molar-refractivity contribution in [1.29, 1.82) is 0 Å². The standard InChI is InChI=1S/C14H19BrN2O3S/c1-17(8-11-7-10(15)9-21-11)13(20)16-14(12(18)19)5-3-2-4-6-14/h7,9H,2-6,8H2,1H3,(H,16,20)(H,18,19). The number of rotatable bonds is 4. The van der Waals surface area contributed by atoms with Crippen molar-refractivity contribution in [3.05, 3.63) is 20.8 Å². The fraction of sp³-hybridized carbons (Fsp3) is 0.571. The highest BCUT2D eigenvalue weighted by molar-refractivity contribution is 9.10. The molecule has 0 aliphatic heterocycles. The number of hydrogen-bond donors (Lipinski definition) is 2. The van der Waals surface area contributed by atoms with E-state index in [0.29, 0.717) is 19.4 Å². The predicted molar refractivity (Wildman–Crippen MR) is 85.5 cm³/mol. The van der Waals surface area contributed by atoms with Gasteiger partial charge in [-0.05, 0) is 34.8 Å². The summed E-state index contributed by atoms with van der Waals surface area (Å²) in [5.74, 6) is -0.928. The highest BCUT2D eigenvalue weighted by Gasteiger charge is 2.41. The Kier molecular flexibility index (Phi) is 5.27. The summed E-state index contributed by atoms with van der Waals surface area (Å²) in [4.78, 5) is 26.4. The second-order valence-electron chi connectivity index (χ2n) is 5.47. The van der Waals surface area contributed by atoms with Crippen LogP contribution in [-0.2, 0) is 11.3 Å². The third-order valence-corrected chi connectivity index (χ3v) is 5.51. The number of aliphatic carboxylic acids is 1. The van der Waals surface area contributed by atoms with Gasteiger partial charge in [-0.15, -0.1) is 11.3 Å². The molecule has 1 heterocycles. The van der Waals surface area contributed by atoms with E-state index < -0.39 is 11.5 Å². The molecule has 7 heteroatoms. The van der Waals surface area contributed by atoms with Gasteiger partial charge in [0.05, 0.1) is 6.54 Å². The van der Waals surface area contributed by atoms with Crippen LogP contribution >= 0.6 is 27.3 Å². The zero-order valence-electron chi connectivity index (χ0n) is 11.9. The summed E-state index contributed by atoms with van der Waals surface area (Å²) in [7, 11) is 1.68. The number of carboxylic acid groups (broad SMARTS) is 1. The molecule has 116 valence electrons. The highest BCUT2D eigenvalue weighted by Crippen LogP contribution is 2.29. The van der Waals surface area contributed by atoms with Crippen LogP contribution < -0.4 is 5.32 Å². The topological polar surface area (TPSA) is 69.6 Å². The lowest BCUT2D eigenvalue weighted by atomic mass is 9.82. The van der Waals surface area contributed by atoms with Crippen molar-refractivity contribution in [2.24, 2.45) is 0 Å². The Labute approximate surface area is 136 Å². The van der Waals surface area contributed by atoms with E-state index in [1.807, 2.05) is 11.4 Å². The van der Waals surface area contributed by atoms with Crippen molar-refractivity contribution in [2.45, 2.75) is 44.2 Å². The van der Waals surface area contributed by atoms with Gasteiger partial charge in [0.25, 0.3) is 0 Å². The van der Waals surface area contributed by atoms with Gasteiger partial charge in [0.1, 0.15) is 5.54 Å². The third kappa shape index (κ3) is 3.97. The average Bonchev–Trinajstić information content (AvgIpc) is 2.85. The smallest absolute Gasteiger partial charge is 0.329 e. The summed E-state index contributed by atoms with van der Waals surface area (Å²) >= 11 is 4.94. The minimum atomic E-state index is -1.10. The van der Waals surface area contributed by atoms with Crippen LogP contribution in [0.25, 0.3) is 0 Å². The minimum absolute atomic E-state index is 0.330. The van der Waals surface area contributed by atoms with Crippen molar-refractivity contribution in [1.82, 2.24) is 10.2 Å². The van der Waals surface area contributed by atoms with Gasteiger partial charge in [-0.25, -0.2) is 9.59 Å². The van der Waals surface area contributed by atoms with Crippen molar-refractivity contribution >= 4 is 39.3 Å². The Balaban J connectivity index is 1.99. The molecule has 0 unspecified atom stereocenters. The molecule has 1 aliphatic carbocycles. The number of nitrogens with one attached hydrogen (secondary N) is 1. The van der Waals surface area contributed by atoms with Crippen LogP contribution in [0, 0.1) is 0 Å². The predicted octanol–water partition coefficient (Wildman–Crippen LogP) is 3.44. The molecule has 5 nitrogen and oxygen atoms in total. The Morgan fingerprint density at radius 1 is 1.43 bits per heavy atom. The summed E-state index contributed by atoms with van der Waals surface area (Å²) in [5.41, 5.74) is -1.10. The van der Waals surface area contributed by atoms with Gasteiger partial charge in [0.15, 0.2) is 0 Å². The van der Waals surface area contributed by atoms with E-state index in [1.54, 1.807) is 18.4 Å². The molecule has 1 aromatic heterocycles. The molecule has 1 aliphatic rings. The van der Waals surface area contributed by atoms with Crippen molar-refractivity contribution in [2.75, 3.05) is 7.05 Å². The highest BCUT2D eigenvalue weighted by atomic mass is 79.9. The van der Waals surface area contributed by atoms with Crippen LogP contribution in [0.5, 0.6) is 0 Å². The fourth-order valence-corrected chi connectivity index (χ4v) is 4.09. The maximum atomic E-state index is 12.3. The molecule has 0 spiro atoms. The maximum absolute atomic E-state index is 12.3. The number of amides is 2. The first-order chi connectivity index (χ1) is 9.93. The summed E-state index contributed by atoms with van der Waals surface area (Å²) in [6, 6.07) is 1.63. The molecule has 0 saturated heterocycles. The van der Waals surface area contributed by atoms with Gasteiger partial charge < -0.3 is 15.3 Å². The first kappa shape index (κ1) is 16.3. The number of urea groups is 1. The van der Waals surface area contributed by atoms with Gasteiger partial charge in [-0.3, -0.25) is 0 Å². The van der Waals surface area contributed by atoms with Crippen LogP contribution in [0.15, 0.2) is 15.9 Å². The number of nitrogens with zero attached hydrogens (tertiary/aromatic N) is 1. The second-order valence-corrected chi connectivity index (χ2v) is 7.38. The van der Waals surface area contributed by atoms with Gasteiger partial charge in [0, 0.05) is 21.8 Å². The van der Waals surface area contributed by atoms with Crippen molar-refractivity contribution in [3.63, 3.8) is 0 Å². The van der Waals surface area contributed by atoms with Gasteiger partial charge >= 0.3 is 12.0 Å². The van der Waals surface area contributed by atoms with Crippen molar-refractivity contribution in [3.8, 4) is 0 Å². The first-order valence-electron chi connectivity index (χ1n) is 6.92. The molecule has 0 radical (unpaired) electrons. The molecular weight excluding hydrogens is 356 g/mol. The van der Waals surface area contributed by atoms with E-state index in [4.69, 9.17) is 0 Å². The molecule has 2 amide bonds. The van der Waals surface area contributed by atoms with Crippen LogP contribution in [0.1, 0.15) is 37.0 Å². The third-order valence-electron chi connectivity index (χ3n) is 3.82. The van der Waals surface area contributed by atoms with Gasteiger partial charge in [-0.1, -0.05) is 19.3 Å². The van der Waals surface area contributed by atoms with Crippen LogP contribution in [0.3, 0.4) is 0 Å². The summed E-state index contributed by atoms with van der Waals surface area (Å²) in [5, 5.41) is 14.2. The van der Waals surface area contributed by atoms with E-state index >= 15 is 0 Å². The monoisotopic (exact) mass is 374 g/mol. The summed E-state index contributed by atoms with van der Waals surface area (Å²) in [6.45, 7) is 0.470. The molecule has 0 atom stereocenters. The van der Waals surface area contributed by atoms with Crippen LogP contribution in [-0.4, -0.2) is 34.6 Å². The number of carbonyl (C=O) groups excluding carboxylic acids is 1. The normalized spacial score (nSPS) is 17.2. The summed E-state index contributed by atoms with van der Waals surface area (Å²) < 4.78 is 0.991. The Bertz CT molecular complexity index is 526. The lowest BCUT2D eigenvalue weighted by molar-refractivity contribution is -0.145. The van der Waals surface area contributed by atoms with Crippen LogP contribution in [0.2, 0.25) is 0 Å². The molecule has 1 saturated carbocycles. The van der Waals surface area contributed by atoms with E-state index in [0.717, 1.165) is 28.6 Å². The summed E-state index contributed by atoms with van der Waals surface area (Å²) in [6.07, 6.45) is 3.73. The SMILES string of the molecule is CN(Cc1cc(Br)cs1)C(=O)NC1(C(=O)O)CCCCC1. The molecule has 1 fully saturated rings. The number of carboxylic acids is 1. The second kappa shape index (κ2) is 6.79. The van der Waals surface area contributed by atoms with Crippen molar-refractivity contribution < 1.29 is 14.7 Å². The molecule has 0 bridgehead atoms.